The van der Waals surface area contributed by atoms with Crippen molar-refractivity contribution in [1.82, 2.24) is 9.78 Å². The minimum Gasteiger partial charge on any atom is -0.396 e. The first-order valence-electron chi connectivity index (χ1n) is 7.16. The van der Waals surface area contributed by atoms with E-state index in [-0.39, 0.29) is 24.1 Å². The monoisotopic (exact) mass is 353 g/mol. The second-order valence-corrected chi connectivity index (χ2v) is 6.40. The molecule has 1 heterocycles. The zero-order valence-corrected chi connectivity index (χ0v) is 13.5. The number of aliphatic hydroxyl groups is 1. The number of nitrogens with zero attached hydrogens (tertiary/aromatic N) is 2. The lowest BCUT2D eigenvalue weighted by atomic mass is 9.74. The highest BCUT2D eigenvalue weighted by Crippen LogP contribution is 2.36. The number of hydrogen-bond acceptors (Lipinski definition) is 4. The Morgan fingerprint density at radius 2 is 2.19 bits per heavy atom. The van der Waals surface area contributed by atoms with Gasteiger partial charge in [0.25, 0.3) is 5.56 Å². The van der Waals surface area contributed by atoms with Crippen LogP contribution in [-0.4, -0.2) is 28.0 Å². The molecule has 114 valence electrons. The Hall–Kier alpha value is -1.32. The highest BCUT2D eigenvalue weighted by molar-refractivity contribution is 9.10. The molecule has 0 unspecified atom stereocenters. The molecule has 1 aliphatic rings. The number of halogens is 1. The summed E-state index contributed by atoms with van der Waals surface area (Å²) in [7, 11) is 0. The van der Waals surface area contributed by atoms with Gasteiger partial charge in [-0.3, -0.25) is 4.79 Å². The van der Waals surface area contributed by atoms with E-state index in [9.17, 15) is 9.90 Å². The van der Waals surface area contributed by atoms with Crippen LogP contribution in [-0.2, 0) is 6.54 Å². The van der Waals surface area contributed by atoms with E-state index < -0.39 is 0 Å². The van der Waals surface area contributed by atoms with Crippen molar-refractivity contribution in [3.8, 4) is 12.3 Å². The Morgan fingerprint density at radius 3 is 2.81 bits per heavy atom. The molecule has 0 radical (unpaired) electrons. The van der Waals surface area contributed by atoms with E-state index in [0.29, 0.717) is 16.7 Å². The van der Waals surface area contributed by atoms with Crippen LogP contribution in [0.2, 0.25) is 0 Å². The van der Waals surface area contributed by atoms with Crippen molar-refractivity contribution >= 4 is 21.6 Å². The summed E-state index contributed by atoms with van der Waals surface area (Å²) in [6.45, 7) is 0.958. The van der Waals surface area contributed by atoms with Gasteiger partial charge in [0.05, 0.1) is 18.5 Å². The molecule has 1 fully saturated rings. The molecular formula is C15H20BrN3O2. The van der Waals surface area contributed by atoms with Crippen molar-refractivity contribution < 1.29 is 5.11 Å². The van der Waals surface area contributed by atoms with Gasteiger partial charge in [-0.1, -0.05) is 25.2 Å². The quantitative estimate of drug-likeness (QED) is 0.794. The second kappa shape index (κ2) is 7.10. The standard InChI is InChI=1S/C15H20BrN3O2/c1-2-8-19-14(21)13(16)12(9-18-19)17-10-15(11-20)6-4-3-5-7-15/h1,9,17,20H,3-8,10-11H2. The maximum absolute atomic E-state index is 12.0. The average molecular weight is 354 g/mol. The summed E-state index contributed by atoms with van der Waals surface area (Å²) in [5.41, 5.74) is 0.303. The van der Waals surface area contributed by atoms with Crippen LogP contribution >= 0.6 is 15.9 Å². The zero-order chi connectivity index (χ0) is 15.3. The average Bonchev–Trinajstić information content (AvgIpc) is 2.52. The van der Waals surface area contributed by atoms with Gasteiger partial charge in [0, 0.05) is 12.0 Å². The minimum atomic E-state index is -0.250. The molecule has 0 atom stereocenters. The summed E-state index contributed by atoms with van der Waals surface area (Å²) in [6, 6.07) is 0. The van der Waals surface area contributed by atoms with Crippen LogP contribution in [0, 0.1) is 17.8 Å². The first-order chi connectivity index (χ1) is 10.1. The summed E-state index contributed by atoms with van der Waals surface area (Å²) in [6.07, 6.45) is 12.3. The van der Waals surface area contributed by atoms with E-state index in [1.165, 1.54) is 11.1 Å². The fraction of sp³-hybridized carbons (Fsp3) is 0.600. The molecule has 1 saturated carbocycles. The topological polar surface area (TPSA) is 67.2 Å². The van der Waals surface area contributed by atoms with Crippen LogP contribution < -0.4 is 10.9 Å². The molecule has 1 aromatic heterocycles. The van der Waals surface area contributed by atoms with Gasteiger partial charge in [-0.2, -0.15) is 5.10 Å². The third-order valence-electron chi connectivity index (χ3n) is 4.13. The Bertz CT molecular complexity index is 586. The van der Waals surface area contributed by atoms with Crippen molar-refractivity contribution in [3.63, 3.8) is 0 Å². The van der Waals surface area contributed by atoms with Crippen molar-refractivity contribution in [1.29, 1.82) is 0 Å². The normalized spacial score (nSPS) is 17.2. The summed E-state index contributed by atoms with van der Waals surface area (Å²) >= 11 is 3.30. The van der Waals surface area contributed by atoms with Crippen molar-refractivity contribution in [3.05, 3.63) is 21.0 Å². The van der Waals surface area contributed by atoms with E-state index in [2.05, 4.69) is 32.3 Å². The molecule has 0 bridgehead atoms. The number of aromatic nitrogens is 2. The lowest BCUT2D eigenvalue weighted by molar-refractivity contribution is 0.0944. The smallest absolute Gasteiger partial charge is 0.284 e. The number of rotatable bonds is 5. The highest BCUT2D eigenvalue weighted by atomic mass is 79.9. The van der Waals surface area contributed by atoms with Crippen LogP contribution in [0.3, 0.4) is 0 Å². The first-order valence-corrected chi connectivity index (χ1v) is 7.95. The second-order valence-electron chi connectivity index (χ2n) is 5.61. The molecule has 21 heavy (non-hydrogen) atoms. The van der Waals surface area contributed by atoms with Crippen LogP contribution in [0.1, 0.15) is 32.1 Å². The lowest BCUT2D eigenvalue weighted by Crippen LogP contribution is -2.36. The van der Waals surface area contributed by atoms with Gasteiger partial charge in [0.2, 0.25) is 0 Å². The molecule has 0 saturated heterocycles. The Kier molecular flexibility index (Phi) is 5.43. The zero-order valence-electron chi connectivity index (χ0n) is 11.9. The van der Waals surface area contributed by atoms with Gasteiger partial charge in [-0.05, 0) is 28.8 Å². The number of nitrogens with one attached hydrogen (secondary N) is 1. The van der Waals surface area contributed by atoms with Crippen molar-refractivity contribution in [2.75, 3.05) is 18.5 Å². The molecule has 0 aromatic carbocycles. The lowest BCUT2D eigenvalue weighted by Gasteiger charge is -2.36. The van der Waals surface area contributed by atoms with Gasteiger partial charge in [0.1, 0.15) is 11.0 Å². The van der Waals surface area contributed by atoms with Crippen LogP contribution in [0.5, 0.6) is 0 Å². The van der Waals surface area contributed by atoms with E-state index in [4.69, 9.17) is 6.42 Å². The van der Waals surface area contributed by atoms with E-state index in [1.807, 2.05) is 0 Å². The van der Waals surface area contributed by atoms with Gasteiger partial charge in [-0.15, -0.1) is 6.42 Å². The van der Waals surface area contributed by atoms with Gasteiger partial charge >= 0.3 is 0 Å². The summed E-state index contributed by atoms with van der Waals surface area (Å²) in [5, 5.41) is 17.0. The van der Waals surface area contributed by atoms with Gasteiger partial charge < -0.3 is 10.4 Å². The maximum atomic E-state index is 12.0. The molecular weight excluding hydrogens is 334 g/mol. The number of anilines is 1. The third kappa shape index (κ3) is 3.66. The molecule has 2 rings (SSSR count). The Morgan fingerprint density at radius 1 is 1.48 bits per heavy atom. The highest BCUT2D eigenvalue weighted by Gasteiger charge is 2.31. The van der Waals surface area contributed by atoms with Crippen LogP contribution in [0.4, 0.5) is 5.69 Å². The number of terminal acetylenes is 1. The summed E-state index contributed by atoms with van der Waals surface area (Å²) in [4.78, 5) is 12.0. The van der Waals surface area contributed by atoms with E-state index >= 15 is 0 Å². The molecule has 5 nitrogen and oxygen atoms in total. The van der Waals surface area contributed by atoms with Crippen LogP contribution in [0.15, 0.2) is 15.5 Å². The first kappa shape index (κ1) is 16.1. The predicted octanol–water partition coefficient (Wildman–Crippen LogP) is 1.99. The largest absolute Gasteiger partial charge is 0.396 e. The summed E-state index contributed by atoms with van der Waals surface area (Å²) < 4.78 is 1.66. The van der Waals surface area contributed by atoms with Crippen molar-refractivity contribution in [2.45, 2.75) is 38.6 Å². The Balaban J connectivity index is 2.11. The SMILES string of the molecule is C#CCn1ncc(NCC2(CO)CCCCC2)c(Br)c1=O. The molecule has 6 heteroatoms. The molecule has 1 aliphatic carbocycles. The predicted molar refractivity (Wildman–Crippen MR) is 86.1 cm³/mol. The Labute approximate surface area is 132 Å². The molecule has 0 amide bonds. The fourth-order valence-electron chi connectivity index (χ4n) is 2.76. The van der Waals surface area contributed by atoms with Gasteiger partial charge in [0.15, 0.2) is 0 Å². The molecule has 2 N–H and O–H groups in total. The molecule has 1 aromatic rings. The van der Waals surface area contributed by atoms with Crippen LogP contribution in [0.25, 0.3) is 0 Å². The maximum Gasteiger partial charge on any atom is 0.284 e. The third-order valence-corrected chi connectivity index (χ3v) is 4.90. The number of hydrogen-bond donors (Lipinski definition) is 2. The summed E-state index contributed by atoms with van der Waals surface area (Å²) in [5.74, 6) is 2.40. The molecule has 0 aliphatic heterocycles. The van der Waals surface area contributed by atoms with E-state index in [0.717, 1.165) is 25.7 Å². The fourth-order valence-corrected chi connectivity index (χ4v) is 3.21. The van der Waals surface area contributed by atoms with E-state index in [1.54, 1.807) is 6.20 Å². The molecule has 0 spiro atoms. The number of aliphatic hydroxyl groups excluding tert-OH is 1. The van der Waals surface area contributed by atoms with Crippen molar-refractivity contribution in [2.24, 2.45) is 5.41 Å². The minimum absolute atomic E-state index is 0.0919. The van der Waals surface area contributed by atoms with Gasteiger partial charge in [-0.25, -0.2) is 4.68 Å².